The standard InChI is InChI=1S/C20H18N2O9/c1-28-16-8-11(3-5-14(16)30-10-17(23)24)7-13-18(25)22(20(27)21-13)9-12-4-6-15(31-12)19(26)29-2/h3-8H,9-10H2,1-2H3,(H,21,27)(H,23,24). The van der Waals surface area contributed by atoms with Crippen LogP contribution in [0.3, 0.4) is 0 Å². The highest BCUT2D eigenvalue weighted by Crippen LogP contribution is 2.29. The first-order valence-corrected chi connectivity index (χ1v) is 8.86. The van der Waals surface area contributed by atoms with Gasteiger partial charge in [-0.2, -0.15) is 0 Å². The van der Waals surface area contributed by atoms with Gasteiger partial charge >= 0.3 is 18.0 Å². The monoisotopic (exact) mass is 430 g/mol. The van der Waals surface area contributed by atoms with Gasteiger partial charge in [0.15, 0.2) is 18.1 Å². The molecule has 31 heavy (non-hydrogen) atoms. The molecule has 162 valence electrons. The summed E-state index contributed by atoms with van der Waals surface area (Å²) in [7, 11) is 2.59. The number of urea groups is 1. The molecule has 3 rings (SSSR count). The third-order valence-electron chi connectivity index (χ3n) is 4.17. The molecule has 0 atom stereocenters. The van der Waals surface area contributed by atoms with Gasteiger partial charge in [-0.15, -0.1) is 0 Å². The Balaban J connectivity index is 1.76. The van der Waals surface area contributed by atoms with E-state index >= 15 is 0 Å². The predicted octanol–water partition coefficient (Wildman–Crippen LogP) is 1.63. The van der Waals surface area contributed by atoms with E-state index in [0.29, 0.717) is 5.56 Å². The van der Waals surface area contributed by atoms with Crippen LogP contribution < -0.4 is 14.8 Å². The Bertz CT molecular complexity index is 1070. The molecule has 0 aliphatic carbocycles. The summed E-state index contributed by atoms with van der Waals surface area (Å²) < 4.78 is 20.2. The van der Waals surface area contributed by atoms with E-state index < -0.39 is 30.5 Å². The van der Waals surface area contributed by atoms with E-state index in [0.717, 1.165) is 4.90 Å². The van der Waals surface area contributed by atoms with Crippen molar-refractivity contribution in [2.45, 2.75) is 6.54 Å². The first kappa shape index (κ1) is 21.4. The number of methoxy groups -OCH3 is 2. The number of furan rings is 1. The Kier molecular flexibility index (Phi) is 6.24. The summed E-state index contributed by atoms with van der Waals surface area (Å²) in [5.41, 5.74) is 0.530. The van der Waals surface area contributed by atoms with Crippen LogP contribution in [0.4, 0.5) is 4.79 Å². The summed E-state index contributed by atoms with van der Waals surface area (Å²) >= 11 is 0. The second-order valence-corrected chi connectivity index (χ2v) is 6.23. The number of rotatable bonds is 8. The SMILES string of the molecule is COC(=O)c1ccc(CN2C(=O)NC(=Cc3ccc(OCC(=O)O)c(OC)c3)C2=O)o1. The third kappa shape index (κ3) is 4.83. The van der Waals surface area contributed by atoms with Gasteiger partial charge in [0.1, 0.15) is 11.5 Å². The van der Waals surface area contributed by atoms with Crippen molar-refractivity contribution in [3.63, 3.8) is 0 Å². The summed E-state index contributed by atoms with van der Waals surface area (Å²) in [6, 6.07) is 6.79. The van der Waals surface area contributed by atoms with Gasteiger partial charge in [0.2, 0.25) is 5.76 Å². The van der Waals surface area contributed by atoms with Crippen molar-refractivity contribution in [1.82, 2.24) is 10.2 Å². The highest BCUT2D eigenvalue weighted by molar-refractivity contribution is 6.13. The van der Waals surface area contributed by atoms with Crippen LogP contribution in [0.1, 0.15) is 21.9 Å². The maximum Gasteiger partial charge on any atom is 0.373 e. The molecule has 2 aromatic rings. The molecule has 0 saturated carbocycles. The Morgan fingerprint density at radius 2 is 1.94 bits per heavy atom. The molecule has 11 heteroatoms. The minimum absolute atomic E-state index is 0.0194. The van der Waals surface area contributed by atoms with Crippen LogP contribution in [-0.4, -0.2) is 54.7 Å². The lowest BCUT2D eigenvalue weighted by Crippen LogP contribution is -2.30. The lowest BCUT2D eigenvalue weighted by atomic mass is 10.1. The molecule has 0 spiro atoms. The number of imide groups is 1. The first-order valence-electron chi connectivity index (χ1n) is 8.86. The van der Waals surface area contributed by atoms with Crippen molar-refractivity contribution >= 4 is 30.0 Å². The highest BCUT2D eigenvalue weighted by atomic mass is 16.5. The van der Waals surface area contributed by atoms with Crippen molar-refractivity contribution in [1.29, 1.82) is 0 Å². The summed E-state index contributed by atoms with van der Waals surface area (Å²) in [4.78, 5) is 47.9. The second-order valence-electron chi connectivity index (χ2n) is 6.23. The molecule has 11 nitrogen and oxygen atoms in total. The molecule has 1 aromatic carbocycles. The molecule has 1 aliphatic heterocycles. The summed E-state index contributed by atoms with van der Waals surface area (Å²) in [5, 5.41) is 11.2. The van der Waals surface area contributed by atoms with E-state index in [9.17, 15) is 19.2 Å². The Labute approximate surface area is 175 Å². The first-order chi connectivity index (χ1) is 14.8. The molecular formula is C20H18N2O9. The fraction of sp³-hybridized carbons (Fsp3) is 0.200. The van der Waals surface area contributed by atoms with Gasteiger partial charge in [-0.05, 0) is 35.9 Å². The number of carboxylic acids is 1. The van der Waals surface area contributed by atoms with E-state index in [1.54, 1.807) is 6.07 Å². The number of esters is 1. The fourth-order valence-corrected chi connectivity index (χ4v) is 2.74. The number of nitrogens with zero attached hydrogens (tertiary/aromatic N) is 1. The van der Waals surface area contributed by atoms with Crippen molar-refractivity contribution in [3.05, 3.63) is 53.1 Å². The fourth-order valence-electron chi connectivity index (χ4n) is 2.74. The van der Waals surface area contributed by atoms with E-state index in [1.807, 2.05) is 0 Å². The number of carboxylic acid groups (broad SMARTS) is 1. The Morgan fingerprint density at radius 1 is 1.16 bits per heavy atom. The Hall–Kier alpha value is -4.28. The normalized spacial score (nSPS) is 14.5. The van der Waals surface area contributed by atoms with Gasteiger partial charge < -0.3 is 29.1 Å². The van der Waals surface area contributed by atoms with E-state index in [1.165, 1.54) is 44.6 Å². The molecule has 2 heterocycles. The second kappa shape index (κ2) is 9.03. The number of amides is 3. The van der Waals surface area contributed by atoms with Gasteiger partial charge in [-0.1, -0.05) is 6.07 Å². The Morgan fingerprint density at radius 3 is 2.61 bits per heavy atom. The maximum absolute atomic E-state index is 12.6. The van der Waals surface area contributed by atoms with E-state index in [4.69, 9.17) is 19.0 Å². The molecule has 2 N–H and O–H groups in total. The average Bonchev–Trinajstić information content (AvgIpc) is 3.32. The van der Waals surface area contributed by atoms with Crippen molar-refractivity contribution in [2.24, 2.45) is 0 Å². The molecule has 0 unspecified atom stereocenters. The molecule has 1 aliphatic rings. The van der Waals surface area contributed by atoms with Crippen LogP contribution in [0.25, 0.3) is 6.08 Å². The lowest BCUT2D eigenvalue weighted by molar-refractivity contribution is -0.139. The van der Waals surface area contributed by atoms with Gasteiger partial charge in [-0.25, -0.2) is 14.4 Å². The molecule has 0 radical (unpaired) electrons. The number of ether oxygens (including phenoxy) is 3. The summed E-state index contributed by atoms with van der Waals surface area (Å²) in [6.07, 6.45) is 1.44. The quantitative estimate of drug-likeness (QED) is 0.363. The third-order valence-corrected chi connectivity index (χ3v) is 4.17. The van der Waals surface area contributed by atoms with Gasteiger partial charge in [0.25, 0.3) is 5.91 Å². The molecule has 1 saturated heterocycles. The van der Waals surface area contributed by atoms with Crippen LogP contribution in [-0.2, 0) is 20.9 Å². The minimum atomic E-state index is -1.14. The number of carbonyl (C=O) groups is 4. The predicted molar refractivity (Wildman–Crippen MR) is 103 cm³/mol. The van der Waals surface area contributed by atoms with E-state index in [2.05, 4.69) is 10.1 Å². The minimum Gasteiger partial charge on any atom is -0.493 e. The number of hydrogen-bond acceptors (Lipinski definition) is 8. The largest absolute Gasteiger partial charge is 0.493 e. The number of benzene rings is 1. The van der Waals surface area contributed by atoms with Crippen LogP contribution in [0.5, 0.6) is 11.5 Å². The molecule has 0 bridgehead atoms. The smallest absolute Gasteiger partial charge is 0.373 e. The van der Waals surface area contributed by atoms with Crippen molar-refractivity contribution < 1.29 is 42.9 Å². The van der Waals surface area contributed by atoms with Crippen molar-refractivity contribution in [3.8, 4) is 11.5 Å². The zero-order valence-corrected chi connectivity index (χ0v) is 16.5. The number of hydrogen-bond donors (Lipinski definition) is 2. The molecular weight excluding hydrogens is 412 g/mol. The van der Waals surface area contributed by atoms with Crippen LogP contribution in [0.15, 0.2) is 40.4 Å². The molecule has 1 aromatic heterocycles. The number of aliphatic carboxylic acids is 1. The molecule has 3 amide bonds. The average molecular weight is 430 g/mol. The molecule has 1 fully saturated rings. The van der Waals surface area contributed by atoms with E-state index in [-0.39, 0.29) is 35.3 Å². The number of carbonyl (C=O) groups excluding carboxylic acids is 3. The topological polar surface area (TPSA) is 145 Å². The number of nitrogens with one attached hydrogen (secondary N) is 1. The van der Waals surface area contributed by atoms with Gasteiger partial charge in [0, 0.05) is 0 Å². The van der Waals surface area contributed by atoms with Crippen LogP contribution >= 0.6 is 0 Å². The summed E-state index contributed by atoms with van der Waals surface area (Å²) in [5.74, 6) is -1.74. The highest BCUT2D eigenvalue weighted by Gasteiger charge is 2.34. The zero-order chi connectivity index (χ0) is 22.5. The van der Waals surface area contributed by atoms with Crippen molar-refractivity contribution in [2.75, 3.05) is 20.8 Å². The van der Waals surface area contributed by atoms with Gasteiger partial charge in [-0.3, -0.25) is 9.69 Å². The van der Waals surface area contributed by atoms with Crippen LogP contribution in [0.2, 0.25) is 0 Å². The lowest BCUT2D eigenvalue weighted by Gasteiger charge is -2.10. The van der Waals surface area contributed by atoms with Gasteiger partial charge in [0.05, 0.1) is 20.8 Å². The zero-order valence-electron chi connectivity index (χ0n) is 16.5. The maximum atomic E-state index is 12.6. The summed E-state index contributed by atoms with van der Waals surface area (Å²) in [6.45, 7) is -0.713. The van der Waals surface area contributed by atoms with Crippen LogP contribution in [0, 0.1) is 0 Å².